The molecule has 2 amide bonds. The van der Waals surface area contributed by atoms with Gasteiger partial charge >= 0.3 is 6.03 Å². The van der Waals surface area contributed by atoms with Crippen molar-refractivity contribution in [3.05, 3.63) is 23.2 Å². The first-order chi connectivity index (χ1) is 5.59. The molecule has 0 unspecified atom stereocenters. The monoisotopic (exact) mass is 185 g/mol. The molecule has 64 valence electrons. The molecule has 0 aliphatic rings. The molecular weight excluding hydrogens is 178 g/mol. The van der Waals surface area contributed by atoms with Gasteiger partial charge in [0.2, 0.25) is 0 Å². The van der Waals surface area contributed by atoms with Gasteiger partial charge < -0.3 is 16.8 Å². The molecule has 0 radical (unpaired) electrons. The van der Waals surface area contributed by atoms with Crippen molar-refractivity contribution in [3.8, 4) is 0 Å². The highest BCUT2D eigenvalue weighted by molar-refractivity contribution is 6.33. The van der Waals surface area contributed by atoms with E-state index in [2.05, 4.69) is 5.32 Å². The van der Waals surface area contributed by atoms with Crippen LogP contribution in [0.15, 0.2) is 18.2 Å². The summed E-state index contributed by atoms with van der Waals surface area (Å²) in [4.78, 5) is 10.4. The van der Waals surface area contributed by atoms with E-state index in [-0.39, 0.29) is 0 Å². The Labute approximate surface area is 74.5 Å². The first-order valence-electron chi connectivity index (χ1n) is 3.21. The highest BCUT2D eigenvalue weighted by Gasteiger charge is 1.99. The fourth-order valence-electron chi connectivity index (χ4n) is 0.764. The Balaban J connectivity index is 2.89. The van der Waals surface area contributed by atoms with Crippen LogP contribution in [0.2, 0.25) is 5.02 Å². The summed E-state index contributed by atoms with van der Waals surface area (Å²) in [6.07, 6.45) is 0. The molecule has 0 heterocycles. The minimum Gasteiger partial charge on any atom is -0.397 e. The lowest BCUT2D eigenvalue weighted by atomic mass is 10.3. The lowest BCUT2D eigenvalue weighted by molar-refractivity contribution is 0.259. The maximum Gasteiger partial charge on any atom is 0.316 e. The molecule has 1 aromatic carbocycles. The number of urea groups is 1. The van der Waals surface area contributed by atoms with Gasteiger partial charge in [0.15, 0.2) is 0 Å². The highest BCUT2D eigenvalue weighted by Crippen LogP contribution is 2.21. The molecule has 0 saturated carbocycles. The SMILES string of the molecule is NC(=O)Nc1ccc(Cl)c(N)c1. The van der Waals surface area contributed by atoms with Gasteiger partial charge in [-0.1, -0.05) is 11.6 Å². The summed E-state index contributed by atoms with van der Waals surface area (Å²) < 4.78 is 0. The molecule has 4 nitrogen and oxygen atoms in total. The number of carbonyl (C=O) groups is 1. The predicted molar refractivity (Wildman–Crippen MR) is 49.1 cm³/mol. The van der Waals surface area contributed by atoms with Gasteiger partial charge in [-0.25, -0.2) is 4.79 Å². The molecular formula is C7H8ClN3O. The van der Waals surface area contributed by atoms with E-state index in [0.29, 0.717) is 16.4 Å². The molecule has 1 aromatic rings. The van der Waals surface area contributed by atoms with Crippen molar-refractivity contribution in [2.45, 2.75) is 0 Å². The Morgan fingerprint density at radius 1 is 1.50 bits per heavy atom. The Kier molecular flexibility index (Phi) is 2.40. The number of benzene rings is 1. The number of carbonyl (C=O) groups excluding carboxylic acids is 1. The van der Waals surface area contributed by atoms with E-state index in [1.54, 1.807) is 12.1 Å². The number of hydrogen-bond donors (Lipinski definition) is 3. The van der Waals surface area contributed by atoms with Gasteiger partial charge in [-0.3, -0.25) is 0 Å². The molecule has 0 aliphatic heterocycles. The van der Waals surface area contributed by atoms with Crippen molar-refractivity contribution >= 4 is 29.0 Å². The number of halogens is 1. The number of anilines is 2. The number of rotatable bonds is 1. The zero-order valence-corrected chi connectivity index (χ0v) is 6.93. The maximum atomic E-state index is 10.4. The van der Waals surface area contributed by atoms with Crippen molar-refractivity contribution in [2.24, 2.45) is 5.73 Å². The number of nitrogen functional groups attached to an aromatic ring is 1. The summed E-state index contributed by atoms with van der Waals surface area (Å²) >= 11 is 5.65. The highest BCUT2D eigenvalue weighted by atomic mass is 35.5. The van der Waals surface area contributed by atoms with Gasteiger partial charge in [0, 0.05) is 5.69 Å². The van der Waals surface area contributed by atoms with Gasteiger partial charge in [0.1, 0.15) is 0 Å². The standard InChI is InChI=1S/C7H8ClN3O/c8-5-2-1-4(3-6(5)9)11-7(10)12/h1-3H,9H2,(H3,10,11,12). The predicted octanol–water partition coefficient (Wildman–Crippen LogP) is 1.41. The molecule has 0 aliphatic carbocycles. The Hall–Kier alpha value is -1.42. The van der Waals surface area contributed by atoms with Crippen LogP contribution in [0.4, 0.5) is 16.2 Å². The van der Waals surface area contributed by atoms with Crippen LogP contribution in [0, 0.1) is 0 Å². The van der Waals surface area contributed by atoms with E-state index in [1.165, 1.54) is 6.07 Å². The summed E-state index contributed by atoms with van der Waals surface area (Å²) in [5.41, 5.74) is 11.3. The third-order valence-corrected chi connectivity index (χ3v) is 1.61. The largest absolute Gasteiger partial charge is 0.397 e. The lowest BCUT2D eigenvalue weighted by Gasteiger charge is -2.03. The summed E-state index contributed by atoms with van der Waals surface area (Å²) in [5, 5.41) is 2.82. The summed E-state index contributed by atoms with van der Waals surface area (Å²) in [6, 6.07) is 4.11. The first kappa shape index (κ1) is 8.67. The third kappa shape index (κ3) is 2.03. The van der Waals surface area contributed by atoms with Crippen LogP contribution in [0.5, 0.6) is 0 Å². The Morgan fingerprint density at radius 3 is 2.67 bits per heavy atom. The maximum absolute atomic E-state index is 10.4. The number of hydrogen-bond acceptors (Lipinski definition) is 2. The molecule has 12 heavy (non-hydrogen) atoms. The van der Waals surface area contributed by atoms with E-state index in [0.717, 1.165) is 0 Å². The van der Waals surface area contributed by atoms with Gasteiger partial charge in [0.05, 0.1) is 10.7 Å². The average molecular weight is 186 g/mol. The van der Waals surface area contributed by atoms with E-state index in [4.69, 9.17) is 23.1 Å². The van der Waals surface area contributed by atoms with Crippen LogP contribution in [0.25, 0.3) is 0 Å². The van der Waals surface area contributed by atoms with Crippen molar-refractivity contribution in [1.29, 1.82) is 0 Å². The number of nitrogens with two attached hydrogens (primary N) is 2. The molecule has 5 heteroatoms. The zero-order chi connectivity index (χ0) is 9.14. The molecule has 0 atom stereocenters. The molecule has 0 bridgehead atoms. The van der Waals surface area contributed by atoms with Crippen LogP contribution >= 0.6 is 11.6 Å². The van der Waals surface area contributed by atoms with E-state index >= 15 is 0 Å². The minimum absolute atomic E-state index is 0.405. The lowest BCUT2D eigenvalue weighted by Crippen LogP contribution is -2.19. The van der Waals surface area contributed by atoms with Gasteiger partial charge in [0.25, 0.3) is 0 Å². The van der Waals surface area contributed by atoms with E-state index < -0.39 is 6.03 Å². The second-order valence-electron chi connectivity index (χ2n) is 2.23. The van der Waals surface area contributed by atoms with E-state index in [9.17, 15) is 4.79 Å². The van der Waals surface area contributed by atoms with Crippen LogP contribution < -0.4 is 16.8 Å². The van der Waals surface area contributed by atoms with Gasteiger partial charge in [-0.05, 0) is 18.2 Å². The second kappa shape index (κ2) is 3.32. The average Bonchev–Trinajstić information content (AvgIpc) is 1.96. The Bertz CT molecular complexity index is 314. The first-order valence-corrected chi connectivity index (χ1v) is 3.59. The smallest absolute Gasteiger partial charge is 0.316 e. The van der Waals surface area contributed by atoms with Crippen molar-refractivity contribution in [3.63, 3.8) is 0 Å². The molecule has 0 fully saturated rings. The molecule has 0 saturated heterocycles. The van der Waals surface area contributed by atoms with Crippen molar-refractivity contribution < 1.29 is 4.79 Å². The fourth-order valence-corrected chi connectivity index (χ4v) is 0.881. The number of nitrogens with one attached hydrogen (secondary N) is 1. The van der Waals surface area contributed by atoms with Crippen LogP contribution in [0.1, 0.15) is 0 Å². The zero-order valence-electron chi connectivity index (χ0n) is 6.17. The van der Waals surface area contributed by atoms with Crippen molar-refractivity contribution in [2.75, 3.05) is 11.1 Å². The summed E-state index contributed by atoms with van der Waals surface area (Å²) in [7, 11) is 0. The number of primary amides is 1. The topological polar surface area (TPSA) is 81.1 Å². The molecule has 1 rings (SSSR count). The summed E-state index contributed by atoms with van der Waals surface area (Å²) in [6.45, 7) is 0. The van der Waals surface area contributed by atoms with Crippen LogP contribution in [-0.2, 0) is 0 Å². The van der Waals surface area contributed by atoms with Gasteiger partial charge in [-0.15, -0.1) is 0 Å². The normalized spacial score (nSPS) is 9.42. The van der Waals surface area contributed by atoms with Crippen molar-refractivity contribution in [1.82, 2.24) is 0 Å². The van der Waals surface area contributed by atoms with Crippen LogP contribution in [0.3, 0.4) is 0 Å². The molecule has 0 aromatic heterocycles. The minimum atomic E-state index is -0.628. The van der Waals surface area contributed by atoms with Gasteiger partial charge in [-0.2, -0.15) is 0 Å². The molecule has 5 N–H and O–H groups in total. The summed E-state index contributed by atoms with van der Waals surface area (Å²) in [5.74, 6) is 0. The Morgan fingerprint density at radius 2 is 2.17 bits per heavy atom. The quantitative estimate of drug-likeness (QED) is 0.579. The third-order valence-electron chi connectivity index (χ3n) is 1.26. The second-order valence-corrected chi connectivity index (χ2v) is 2.63. The number of amides is 2. The molecule has 0 spiro atoms. The van der Waals surface area contributed by atoms with Crippen LogP contribution in [-0.4, -0.2) is 6.03 Å². The fraction of sp³-hybridized carbons (Fsp3) is 0. The van der Waals surface area contributed by atoms with E-state index in [1.807, 2.05) is 0 Å².